The number of amides is 1. The molecule has 1 aliphatic heterocycles. The number of aliphatic hydroxyl groups excluding tert-OH is 1. The number of aromatic nitrogens is 4. The zero-order valence-electron chi connectivity index (χ0n) is 18.9. The van der Waals surface area contributed by atoms with Crippen LogP contribution in [0, 0.1) is 17.2 Å². The van der Waals surface area contributed by atoms with E-state index < -0.39 is 18.3 Å². The minimum Gasteiger partial charge on any atom is -0.493 e. The van der Waals surface area contributed by atoms with Crippen molar-refractivity contribution >= 4 is 17.1 Å². The number of carbonyl (C=O) groups excluding carboxylic acids is 1. The standard InChI is InChI=1S/C23H23F3N6O3/c1-31-13-28-21-20(29-18(11-27)30-22(21)31)15-2-3-17(16(10-15)23(24,25)26)35-9-6-14-4-7-32(8-5-14)19(34)12-33/h2-3,10,13-14,33H,4-9,12H2,1H3. The highest BCUT2D eigenvalue weighted by Gasteiger charge is 2.35. The number of hydrogen-bond acceptors (Lipinski definition) is 7. The highest BCUT2D eigenvalue weighted by atomic mass is 19.4. The fraction of sp³-hybridized carbons (Fsp3) is 0.435. The van der Waals surface area contributed by atoms with Crippen molar-refractivity contribution in [2.24, 2.45) is 13.0 Å². The third kappa shape index (κ3) is 5.19. The van der Waals surface area contributed by atoms with E-state index in [0.717, 1.165) is 6.07 Å². The second-order valence-electron chi connectivity index (χ2n) is 8.36. The summed E-state index contributed by atoms with van der Waals surface area (Å²) in [7, 11) is 1.67. The van der Waals surface area contributed by atoms with Crippen LogP contribution in [0.4, 0.5) is 13.2 Å². The second-order valence-corrected chi connectivity index (χ2v) is 8.36. The SMILES string of the molecule is Cn1cnc2c(-c3ccc(OCCC4CCN(C(=O)CO)CC4)c(C(F)(F)F)c3)nc(C#N)nc21. The van der Waals surface area contributed by atoms with E-state index in [9.17, 15) is 23.2 Å². The van der Waals surface area contributed by atoms with E-state index in [1.54, 1.807) is 16.5 Å². The predicted molar refractivity (Wildman–Crippen MR) is 118 cm³/mol. The molecular formula is C23H23F3N6O3. The number of aliphatic hydroxyl groups is 1. The van der Waals surface area contributed by atoms with E-state index in [0.29, 0.717) is 43.5 Å². The van der Waals surface area contributed by atoms with Gasteiger partial charge in [-0.3, -0.25) is 4.79 Å². The van der Waals surface area contributed by atoms with Crippen LogP contribution in [0.15, 0.2) is 24.5 Å². The molecule has 0 saturated carbocycles. The summed E-state index contributed by atoms with van der Waals surface area (Å²) < 4.78 is 48.8. The van der Waals surface area contributed by atoms with Gasteiger partial charge < -0.3 is 19.3 Å². The van der Waals surface area contributed by atoms with Gasteiger partial charge in [0.15, 0.2) is 5.65 Å². The molecule has 0 unspecified atom stereocenters. The minimum atomic E-state index is -4.67. The second kappa shape index (κ2) is 9.87. The molecule has 0 bridgehead atoms. The third-order valence-electron chi connectivity index (χ3n) is 6.10. The first-order chi connectivity index (χ1) is 16.7. The van der Waals surface area contributed by atoms with Gasteiger partial charge in [0.25, 0.3) is 0 Å². The molecule has 1 N–H and O–H groups in total. The Morgan fingerprint density at radius 2 is 2.03 bits per heavy atom. The molecule has 1 amide bonds. The molecule has 1 saturated heterocycles. The Kier molecular flexibility index (Phi) is 6.88. The molecule has 35 heavy (non-hydrogen) atoms. The lowest BCUT2D eigenvalue weighted by Crippen LogP contribution is -2.40. The van der Waals surface area contributed by atoms with E-state index in [4.69, 9.17) is 9.84 Å². The van der Waals surface area contributed by atoms with Gasteiger partial charge in [-0.15, -0.1) is 0 Å². The maximum absolute atomic E-state index is 13.9. The smallest absolute Gasteiger partial charge is 0.419 e. The number of aryl methyl sites for hydroxylation is 1. The summed E-state index contributed by atoms with van der Waals surface area (Å²) in [5.41, 5.74) is -0.0346. The van der Waals surface area contributed by atoms with Crippen LogP contribution in [-0.4, -0.2) is 61.7 Å². The molecule has 9 nitrogen and oxygen atoms in total. The van der Waals surface area contributed by atoms with Crippen LogP contribution < -0.4 is 4.74 Å². The van der Waals surface area contributed by atoms with Gasteiger partial charge >= 0.3 is 6.18 Å². The molecular weight excluding hydrogens is 465 g/mol. The van der Waals surface area contributed by atoms with Crippen LogP contribution in [0.2, 0.25) is 0 Å². The zero-order valence-corrected chi connectivity index (χ0v) is 18.9. The molecule has 4 rings (SSSR count). The first-order valence-electron chi connectivity index (χ1n) is 11.0. The van der Waals surface area contributed by atoms with Gasteiger partial charge in [0.2, 0.25) is 11.7 Å². The molecule has 0 atom stereocenters. The molecule has 1 aromatic carbocycles. The molecule has 0 spiro atoms. The molecule has 1 fully saturated rings. The van der Waals surface area contributed by atoms with Gasteiger partial charge in [0.05, 0.1) is 18.5 Å². The van der Waals surface area contributed by atoms with Gasteiger partial charge in [0, 0.05) is 25.7 Å². The fourth-order valence-corrected chi connectivity index (χ4v) is 4.19. The van der Waals surface area contributed by atoms with E-state index in [-0.39, 0.29) is 41.3 Å². The molecule has 0 aliphatic carbocycles. The van der Waals surface area contributed by atoms with E-state index in [1.807, 2.05) is 6.07 Å². The number of hydrogen-bond donors (Lipinski definition) is 1. The maximum atomic E-state index is 13.9. The lowest BCUT2D eigenvalue weighted by molar-refractivity contribution is -0.139. The van der Waals surface area contributed by atoms with Gasteiger partial charge in [0.1, 0.15) is 29.6 Å². The summed E-state index contributed by atoms with van der Waals surface area (Å²) in [6.07, 6.45) is -1.26. The highest BCUT2D eigenvalue weighted by Crippen LogP contribution is 2.39. The van der Waals surface area contributed by atoms with Crippen LogP contribution in [0.3, 0.4) is 0 Å². The molecule has 0 radical (unpaired) electrons. The summed E-state index contributed by atoms with van der Waals surface area (Å²) >= 11 is 0. The number of benzene rings is 1. The van der Waals surface area contributed by atoms with Crippen molar-refractivity contribution in [1.29, 1.82) is 5.26 Å². The van der Waals surface area contributed by atoms with Crippen LogP contribution in [0.5, 0.6) is 5.75 Å². The largest absolute Gasteiger partial charge is 0.493 e. The number of rotatable bonds is 6. The topological polar surface area (TPSA) is 117 Å². The number of carbonyl (C=O) groups is 1. The Bertz CT molecular complexity index is 1280. The van der Waals surface area contributed by atoms with Crippen molar-refractivity contribution < 1.29 is 27.8 Å². The normalized spacial score (nSPS) is 14.8. The van der Waals surface area contributed by atoms with Crippen molar-refractivity contribution in [2.45, 2.75) is 25.4 Å². The van der Waals surface area contributed by atoms with Crippen LogP contribution in [-0.2, 0) is 18.0 Å². The van der Waals surface area contributed by atoms with Crippen molar-refractivity contribution in [3.8, 4) is 23.1 Å². The lowest BCUT2D eigenvalue weighted by atomic mass is 9.94. The van der Waals surface area contributed by atoms with E-state index >= 15 is 0 Å². The summed E-state index contributed by atoms with van der Waals surface area (Å²) in [4.78, 5) is 25.5. The van der Waals surface area contributed by atoms with Gasteiger partial charge in [-0.1, -0.05) is 0 Å². The number of nitriles is 1. The summed E-state index contributed by atoms with van der Waals surface area (Å²) in [5, 5.41) is 18.2. The number of imidazole rings is 1. The highest BCUT2D eigenvalue weighted by molar-refractivity contribution is 5.88. The number of halogens is 3. The van der Waals surface area contributed by atoms with Gasteiger partial charge in [-0.2, -0.15) is 23.4 Å². The number of alkyl halides is 3. The number of fused-ring (bicyclic) bond motifs is 1. The van der Waals surface area contributed by atoms with Crippen molar-refractivity contribution in [3.05, 3.63) is 35.9 Å². The minimum absolute atomic E-state index is 0.0949. The van der Waals surface area contributed by atoms with Crippen molar-refractivity contribution in [2.75, 3.05) is 26.3 Å². The molecule has 2 aromatic heterocycles. The van der Waals surface area contributed by atoms with Crippen molar-refractivity contribution in [1.82, 2.24) is 24.4 Å². The number of likely N-dealkylation sites (tertiary alicyclic amines) is 1. The quantitative estimate of drug-likeness (QED) is 0.567. The summed E-state index contributed by atoms with van der Waals surface area (Å²) in [5.74, 6) is -0.560. The molecule has 3 heterocycles. The predicted octanol–water partition coefficient (Wildman–Crippen LogP) is 2.92. The average molecular weight is 488 g/mol. The first kappa shape index (κ1) is 24.4. The average Bonchev–Trinajstić information content (AvgIpc) is 3.23. The van der Waals surface area contributed by atoms with E-state index in [1.165, 1.54) is 18.5 Å². The molecule has 184 valence electrons. The fourth-order valence-electron chi connectivity index (χ4n) is 4.19. The first-order valence-corrected chi connectivity index (χ1v) is 11.0. The summed E-state index contributed by atoms with van der Waals surface area (Å²) in [6.45, 7) is 0.594. The number of nitrogens with zero attached hydrogens (tertiary/aromatic N) is 6. The number of ether oxygens (including phenoxy) is 1. The third-order valence-corrected chi connectivity index (χ3v) is 6.10. The van der Waals surface area contributed by atoms with E-state index in [2.05, 4.69) is 15.0 Å². The molecule has 12 heteroatoms. The number of piperidine rings is 1. The Labute approximate surface area is 198 Å². The zero-order chi connectivity index (χ0) is 25.2. The maximum Gasteiger partial charge on any atom is 0.419 e. The van der Waals surface area contributed by atoms with Crippen LogP contribution in [0.1, 0.15) is 30.7 Å². The monoisotopic (exact) mass is 488 g/mol. The summed E-state index contributed by atoms with van der Waals surface area (Å²) in [6, 6.07) is 5.49. The Balaban J connectivity index is 1.53. The molecule has 3 aromatic rings. The lowest BCUT2D eigenvalue weighted by Gasteiger charge is -2.31. The Hall–Kier alpha value is -3.72. The van der Waals surface area contributed by atoms with Crippen LogP contribution >= 0.6 is 0 Å². The Morgan fingerprint density at radius 1 is 1.29 bits per heavy atom. The van der Waals surface area contributed by atoms with Gasteiger partial charge in [-0.05, 0) is 43.4 Å². The van der Waals surface area contributed by atoms with Gasteiger partial charge in [-0.25, -0.2) is 9.97 Å². The molecule has 1 aliphatic rings. The van der Waals surface area contributed by atoms with Crippen molar-refractivity contribution in [3.63, 3.8) is 0 Å². The van der Waals surface area contributed by atoms with Crippen LogP contribution in [0.25, 0.3) is 22.4 Å². The Morgan fingerprint density at radius 3 is 2.69 bits per heavy atom.